The molecule has 1 aromatic rings. The SMILES string of the molecule is O=C(O)CNC(=O)C1=C(O)CCN(Cc2cncnc2)C1=O. The van der Waals surface area contributed by atoms with Crippen molar-refractivity contribution in [3.8, 4) is 0 Å². The van der Waals surface area contributed by atoms with Gasteiger partial charge in [-0.3, -0.25) is 14.4 Å². The molecule has 0 fully saturated rings. The number of aliphatic hydroxyl groups is 1. The fourth-order valence-corrected chi connectivity index (χ4v) is 2.00. The molecule has 1 aromatic heterocycles. The van der Waals surface area contributed by atoms with Crippen LogP contribution in [0, 0.1) is 0 Å². The maximum atomic E-state index is 12.3. The Morgan fingerprint density at radius 3 is 2.64 bits per heavy atom. The molecule has 0 saturated carbocycles. The number of hydrogen-bond donors (Lipinski definition) is 3. The van der Waals surface area contributed by atoms with Gasteiger partial charge in [0.25, 0.3) is 11.8 Å². The Morgan fingerprint density at radius 1 is 1.32 bits per heavy atom. The Hall–Kier alpha value is -2.97. The van der Waals surface area contributed by atoms with Crippen LogP contribution in [0.4, 0.5) is 0 Å². The van der Waals surface area contributed by atoms with E-state index in [2.05, 4.69) is 15.3 Å². The summed E-state index contributed by atoms with van der Waals surface area (Å²) in [7, 11) is 0. The third-order valence-electron chi connectivity index (χ3n) is 3.02. The van der Waals surface area contributed by atoms with Crippen LogP contribution in [-0.4, -0.2) is 56.0 Å². The smallest absolute Gasteiger partial charge is 0.322 e. The summed E-state index contributed by atoms with van der Waals surface area (Å²) < 4.78 is 0. The van der Waals surface area contributed by atoms with Crippen LogP contribution < -0.4 is 5.32 Å². The van der Waals surface area contributed by atoms with Crippen LogP contribution in [0.15, 0.2) is 30.1 Å². The zero-order valence-corrected chi connectivity index (χ0v) is 11.5. The first-order chi connectivity index (χ1) is 10.5. The Morgan fingerprint density at radius 2 is 2.00 bits per heavy atom. The molecule has 2 rings (SSSR count). The third kappa shape index (κ3) is 3.57. The summed E-state index contributed by atoms with van der Waals surface area (Å²) in [6, 6.07) is 0. The van der Waals surface area contributed by atoms with Gasteiger partial charge in [0.2, 0.25) is 0 Å². The second-order valence-electron chi connectivity index (χ2n) is 4.62. The highest BCUT2D eigenvalue weighted by Gasteiger charge is 2.32. The molecule has 22 heavy (non-hydrogen) atoms. The minimum absolute atomic E-state index is 0.120. The van der Waals surface area contributed by atoms with Gasteiger partial charge in [0.05, 0.1) is 0 Å². The highest BCUT2D eigenvalue weighted by atomic mass is 16.4. The lowest BCUT2D eigenvalue weighted by molar-refractivity contribution is -0.138. The molecule has 9 heteroatoms. The average Bonchev–Trinajstić information content (AvgIpc) is 2.49. The molecule has 0 spiro atoms. The second-order valence-corrected chi connectivity index (χ2v) is 4.62. The van der Waals surface area contributed by atoms with Gasteiger partial charge in [-0.25, -0.2) is 9.97 Å². The fraction of sp³-hybridized carbons (Fsp3) is 0.308. The minimum atomic E-state index is -1.24. The number of carboxylic acid groups (broad SMARTS) is 1. The maximum Gasteiger partial charge on any atom is 0.322 e. The minimum Gasteiger partial charge on any atom is -0.511 e. The predicted molar refractivity (Wildman–Crippen MR) is 72.4 cm³/mol. The van der Waals surface area contributed by atoms with Crippen molar-refractivity contribution in [3.05, 3.63) is 35.6 Å². The number of nitrogens with one attached hydrogen (secondary N) is 1. The summed E-state index contributed by atoms with van der Waals surface area (Å²) in [5.41, 5.74) is 0.256. The van der Waals surface area contributed by atoms with Crippen molar-refractivity contribution in [2.75, 3.05) is 13.1 Å². The first kappa shape index (κ1) is 15.4. The molecule has 0 bridgehead atoms. The van der Waals surface area contributed by atoms with E-state index in [4.69, 9.17) is 5.11 Å². The molecule has 0 unspecified atom stereocenters. The monoisotopic (exact) mass is 306 g/mol. The van der Waals surface area contributed by atoms with Crippen LogP contribution in [0.2, 0.25) is 0 Å². The number of aliphatic carboxylic acids is 1. The van der Waals surface area contributed by atoms with Gasteiger partial charge in [-0.15, -0.1) is 0 Å². The van der Waals surface area contributed by atoms with Crippen molar-refractivity contribution in [2.45, 2.75) is 13.0 Å². The number of carbonyl (C=O) groups excluding carboxylic acids is 2. The Bertz CT molecular complexity index is 629. The van der Waals surface area contributed by atoms with E-state index in [0.717, 1.165) is 0 Å². The van der Waals surface area contributed by atoms with Gasteiger partial charge in [0, 0.05) is 37.5 Å². The molecule has 1 aliphatic rings. The fourth-order valence-electron chi connectivity index (χ4n) is 2.00. The van der Waals surface area contributed by atoms with Gasteiger partial charge >= 0.3 is 5.97 Å². The largest absolute Gasteiger partial charge is 0.511 e. The van der Waals surface area contributed by atoms with E-state index >= 15 is 0 Å². The third-order valence-corrected chi connectivity index (χ3v) is 3.02. The van der Waals surface area contributed by atoms with Gasteiger partial charge in [0.15, 0.2) is 0 Å². The molecule has 0 radical (unpaired) electrons. The Balaban J connectivity index is 2.11. The van der Waals surface area contributed by atoms with E-state index in [0.29, 0.717) is 5.56 Å². The van der Waals surface area contributed by atoms with Crippen LogP contribution in [0.5, 0.6) is 0 Å². The van der Waals surface area contributed by atoms with Crippen molar-refractivity contribution in [1.29, 1.82) is 0 Å². The standard InChI is InChI=1S/C13H14N4O5/c18-9-1-2-17(6-8-3-14-7-15-4-8)13(22)11(9)12(21)16-5-10(19)20/h3-4,7,18H,1-2,5-6H2,(H,16,21)(H,19,20). The van der Waals surface area contributed by atoms with Gasteiger partial charge in [0.1, 0.15) is 24.2 Å². The maximum absolute atomic E-state index is 12.3. The van der Waals surface area contributed by atoms with Gasteiger partial charge in [-0.2, -0.15) is 0 Å². The van der Waals surface area contributed by atoms with Gasteiger partial charge < -0.3 is 20.4 Å². The molecular weight excluding hydrogens is 292 g/mol. The highest BCUT2D eigenvalue weighted by Crippen LogP contribution is 2.19. The van der Waals surface area contributed by atoms with E-state index in [9.17, 15) is 19.5 Å². The first-order valence-electron chi connectivity index (χ1n) is 6.44. The second kappa shape index (κ2) is 6.66. The normalized spacial score (nSPS) is 14.9. The zero-order chi connectivity index (χ0) is 16.1. The summed E-state index contributed by atoms with van der Waals surface area (Å²) in [5.74, 6) is -3.14. The van der Waals surface area contributed by atoms with E-state index in [1.807, 2.05) is 0 Å². The molecule has 0 aliphatic carbocycles. The van der Waals surface area contributed by atoms with Crippen LogP contribution in [-0.2, 0) is 20.9 Å². The number of hydrogen-bond acceptors (Lipinski definition) is 6. The average molecular weight is 306 g/mol. The number of carbonyl (C=O) groups is 3. The quantitative estimate of drug-likeness (QED) is 0.608. The summed E-state index contributed by atoms with van der Waals surface area (Å²) >= 11 is 0. The summed E-state index contributed by atoms with van der Waals surface area (Å²) in [6.45, 7) is -0.187. The number of aliphatic hydroxyl groups excluding tert-OH is 1. The summed E-state index contributed by atoms with van der Waals surface area (Å²) in [4.78, 5) is 43.6. The number of amides is 2. The van der Waals surface area contributed by atoms with Crippen LogP contribution in [0.25, 0.3) is 0 Å². The lowest BCUT2D eigenvalue weighted by atomic mass is 10.1. The molecule has 2 heterocycles. The van der Waals surface area contributed by atoms with E-state index < -0.39 is 29.9 Å². The molecule has 2 amide bonds. The topological polar surface area (TPSA) is 133 Å². The Kier molecular flexibility index (Phi) is 4.66. The molecule has 3 N–H and O–H groups in total. The Labute approximate surface area is 125 Å². The predicted octanol–water partition coefficient (Wildman–Crippen LogP) is -0.778. The van der Waals surface area contributed by atoms with Crippen molar-refractivity contribution in [3.63, 3.8) is 0 Å². The molecule has 0 aromatic carbocycles. The number of aromatic nitrogens is 2. The van der Waals surface area contributed by atoms with E-state index in [-0.39, 0.29) is 25.3 Å². The zero-order valence-electron chi connectivity index (χ0n) is 11.5. The molecule has 1 aliphatic heterocycles. The van der Waals surface area contributed by atoms with Crippen LogP contribution in [0.3, 0.4) is 0 Å². The van der Waals surface area contributed by atoms with E-state index in [1.165, 1.54) is 11.2 Å². The van der Waals surface area contributed by atoms with Crippen molar-refractivity contribution >= 4 is 17.8 Å². The van der Waals surface area contributed by atoms with Crippen LogP contribution >= 0.6 is 0 Å². The summed E-state index contributed by atoms with van der Waals surface area (Å²) in [5, 5.41) is 20.4. The molecule has 9 nitrogen and oxygen atoms in total. The molecule has 0 saturated heterocycles. The lowest BCUT2D eigenvalue weighted by Gasteiger charge is -2.27. The molecular formula is C13H14N4O5. The number of rotatable bonds is 5. The van der Waals surface area contributed by atoms with Gasteiger partial charge in [-0.1, -0.05) is 0 Å². The number of nitrogens with zero attached hydrogens (tertiary/aromatic N) is 3. The first-order valence-corrected chi connectivity index (χ1v) is 6.44. The number of carboxylic acids is 1. The van der Waals surface area contributed by atoms with E-state index in [1.54, 1.807) is 12.4 Å². The summed E-state index contributed by atoms with van der Waals surface area (Å²) in [6.07, 6.45) is 4.57. The van der Waals surface area contributed by atoms with Crippen LogP contribution in [0.1, 0.15) is 12.0 Å². The van der Waals surface area contributed by atoms with Crippen molar-refractivity contribution < 1.29 is 24.6 Å². The molecule has 116 valence electrons. The highest BCUT2D eigenvalue weighted by molar-refractivity contribution is 6.19. The van der Waals surface area contributed by atoms with Gasteiger partial charge in [-0.05, 0) is 0 Å². The lowest BCUT2D eigenvalue weighted by Crippen LogP contribution is -2.43. The molecule has 0 atom stereocenters. The van der Waals surface area contributed by atoms with Crippen molar-refractivity contribution in [2.24, 2.45) is 0 Å². The van der Waals surface area contributed by atoms with Crippen molar-refractivity contribution in [1.82, 2.24) is 20.2 Å².